The molecule has 41 heavy (non-hydrogen) atoms. The summed E-state index contributed by atoms with van der Waals surface area (Å²) in [4.78, 5) is 18.5. The Labute approximate surface area is 232 Å². The Morgan fingerprint density at radius 3 is 1.63 bits per heavy atom. The Morgan fingerprint density at radius 2 is 1.05 bits per heavy atom. The van der Waals surface area contributed by atoms with Crippen molar-refractivity contribution < 1.29 is 8.83 Å². The van der Waals surface area contributed by atoms with Crippen molar-refractivity contribution in [2.24, 2.45) is 0 Å². The summed E-state index contributed by atoms with van der Waals surface area (Å²) in [5, 5.41) is 2.13. The average Bonchev–Trinajstić information content (AvgIpc) is 3.74. The van der Waals surface area contributed by atoms with Gasteiger partial charge in [-0.2, -0.15) is 0 Å². The molecule has 0 unspecified atom stereocenters. The number of rotatable bonds is 3. The number of hydrogen-bond acceptors (Lipinski definition) is 6. The highest BCUT2D eigenvalue weighted by atomic mass is 16.4. The third-order valence-corrected chi connectivity index (χ3v) is 7.56. The molecule has 9 rings (SSSR count). The standard InChI is InChI=1S/C34H19N5O2/c1-3-7-31-26(5-1)37-33(40-31)20-9-13-29-23(17-20)24-18-21(34-38-27-6-2-4-8-32(27)41-34)10-14-30(24)39(29)22-11-12-25-28(19-22)36-16-15-35-25/h1-19H. The molecule has 7 nitrogen and oxygen atoms in total. The van der Waals surface area contributed by atoms with E-state index in [4.69, 9.17) is 18.8 Å². The SMILES string of the molecule is c1ccc2oc(-c3ccc4c(c3)c3cc(-c5nc6ccccc6o5)ccc3n4-c3ccc4nccnc4c3)nc2c1. The van der Waals surface area contributed by atoms with Crippen LogP contribution in [0.4, 0.5) is 0 Å². The van der Waals surface area contributed by atoms with Gasteiger partial charge in [-0.15, -0.1) is 0 Å². The Morgan fingerprint density at radius 1 is 0.488 bits per heavy atom. The summed E-state index contributed by atoms with van der Waals surface area (Å²) in [6.07, 6.45) is 3.43. The lowest BCUT2D eigenvalue weighted by Crippen LogP contribution is -1.95. The zero-order chi connectivity index (χ0) is 26.9. The minimum absolute atomic E-state index is 0.588. The molecule has 0 bridgehead atoms. The lowest BCUT2D eigenvalue weighted by atomic mass is 10.1. The van der Waals surface area contributed by atoms with Gasteiger partial charge in [-0.1, -0.05) is 24.3 Å². The molecule has 4 heterocycles. The number of benzene rings is 5. The van der Waals surface area contributed by atoms with Gasteiger partial charge in [0.25, 0.3) is 0 Å². The molecular formula is C34H19N5O2. The molecule has 0 fully saturated rings. The molecule has 7 heteroatoms. The van der Waals surface area contributed by atoms with Gasteiger partial charge < -0.3 is 13.4 Å². The number of fused-ring (bicyclic) bond motifs is 6. The second kappa shape index (κ2) is 8.34. The van der Waals surface area contributed by atoms with Crippen LogP contribution in [0.25, 0.3) is 83.6 Å². The van der Waals surface area contributed by atoms with Gasteiger partial charge in [-0.05, 0) is 78.9 Å². The van der Waals surface area contributed by atoms with Crippen molar-refractivity contribution in [2.75, 3.05) is 0 Å². The van der Waals surface area contributed by atoms with Gasteiger partial charge in [0.15, 0.2) is 11.2 Å². The van der Waals surface area contributed by atoms with Gasteiger partial charge in [0.1, 0.15) is 11.0 Å². The number of nitrogens with zero attached hydrogens (tertiary/aromatic N) is 5. The van der Waals surface area contributed by atoms with Crippen LogP contribution < -0.4 is 0 Å². The molecule has 4 aromatic heterocycles. The van der Waals surface area contributed by atoms with Crippen molar-refractivity contribution in [2.45, 2.75) is 0 Å². The van der Waals surface area contributed by atoms with E-state index in [2.05, 4.69) is 63.1 Å². The molecule has 0 atom stereocenters. The van der Waals surface area contributed by atoms with E-state index in [9.17, 15) is 0 Å². The zero-order valence-electron chi connectivity index (χ0n) is 21.5. The molecule has 0 saturated carbocycles. The van der Waals surface area contributed by atoms with E-state index in [1.165, 1.54) is 0 Å². The molecule has 192 valence electrons. The average molecular weight is 530 g/mol. The summed E-state index contributed by atoms with van der Waals surface area (Å²) in [6.45, 7) is 0. The van der Waals surface area contributed by atoms with Crippen molar-refractivity contribution in [3.05, 3.63) is 116 Å². The summed E-state index contributed by atoms with van der Waals surface area (Å²) < 4.78 is 14.5. The first-order valence-corrected chi connectivity index (χ1v) is 13.3. The van der Waals surface area contributed by atoms with Crippen LogP contribution in [-0.4, -0.2) is 24.5 Å². The van der Waals surface area contributed by atoms with Crippen LogP contribution in [0.5, 0.6) is 0 Å². The summed E-state index contributed by atoms with van der Waals surface area (Å²) >= 11 is 0. The van der Waals surface area contributed by atoms with E-state index in [1.54, 1.807) is 12.4 Å². The monoisotopic (exact) mass is 529 g/mol. The first kappa shape index (κ1) is 22.0. The van der Waals surface area contributed by atoms with Crippen LogP contribution in [-0.2, 0) is 0 Å². The molecule has 5 aromatic carbocycles. The minimum atomic E-state index is 0.588. The first-order chi connectivity index (χ1) is 20.3. The fourth-order valence-corrected chi connectivity index (χ4v) is 5.65. The third kappa shape index (κ3) is 3.39. The van der Waals surface area contributed by atoms with E-state index in [0.29, 0.717) is 11.8 Å². The number of para-hydroxylation sites is 4. The number of hydrogen-bond donors (Lipinski definition) is 0. The van der Waals surface area contributed by atoms with Crippen LogP contribution in [0.3, 0.4) is 0 Å². The zero-order valence-corrected chi connectivity index (χ0v) is 21.5. The third-order valence-electron chi connectivity index (χ3n) is 7.56. The van der Waals surface area contributed by atoms with Gasteiger partial charge >= 0.3 is 0 Å². The van der Waals surface area contributed by atoms with E-state index >= 15 is 0 Å². The molecule has 0 aliphatic heterocycles. The van der Waals surface area contributed by atoms with E-state index in [1.807, 2.05) is 54.6 Å². The lowest BCUT2D eigenvalue weighted by molar-refractivity contribution is 0.619. The maximum Gasteiger partial charge on any atom is 0.227 e. The van der Waals surface area contributed by atoms with Crippen LogP contribution in [0, 0.1) is 0 Å². The highest BCUT2D eigenvalue weighted by Crippen LogP contribution is 2.38. The first-order valence-electron chi connectivity index (χ1n) is 13.3. The van der Waals surface area contributed by atoms with Crippen molar-refractivity contribution in [1.82, 2.24) is 24.5 Å². The molecule has 0 N–H and O–H groups in total. The van der Waals surface area contributed by atoms with Crippen LogP contribution in [0.15, 0.2) is 124 Å². The second-order valence-corrected chi connectivity index (χ2v) is 10.0. The summed E-state index contributed by atoms with van der Waals surface area (Å²) in [5.41, 5.74) is 9.81. The van der Waals surface area contributed by atoms with Gasteiger partial charge in [0, 0.05) is 40.0 Å². The number of oxazole rings is 2. The second-order valence-electron chi connectivity index (χ2n) is 10.0. The Bertz CT molecular complexity index is 2250. The van der Waals surface area contributed by atoms with Crippen molar-refractivity contribution in [3.8, 4) is 28.6 Å². The van der Waals surface area contributed by atoms with E-state index in [0.717, 1.165) is 71.9 Å². The molecule has 0 aliphatic carbocycles. The van der Waals surface area contributed by atoms with Gasteiger partial charge in [-0.3, -0.25) is 9.97 Å². The van der Waals surface area contributed by atoms with E-state index < -0.39 is 0 Å². The van der Waals surface area contributed by atoms with Crippen LogP contribution in [0.2, 0.25) is 0 Å². The van der Waals surface area contributed by atoms with Gasteiger partial charge in [0.2, 0.25) is 11.8 Å². The Kier molecular flexibility index (Phi) is 4.48. The topological polar surface area (TPSA) is 82.8 Å². The molecule has 0 radical (unpaired) electrons. The van der Waals surface area contributed by atoms with E-state index in [-0.39, 0.29) is 0 Å². The van der Waals surface area contributed by atoms with Crippen LogP contribution in [0.1, 0.15) is 0 Å². The molecule has 9 aromatic rings. The van der Waals surface area contributed by atoms with Crippen molar-refractivity contribution in [1.29, 1.82) is 0 Å². The largest absolute Gasteiger partial charge is 0.436 e. The molecular weight excluding hydrogens is 510 g/mol. The molecule has 0 saturated heterocycles. The molecule has 0 amide bonds. The quantitative estimate of drug-likeness (QED) is 0.229. The summed E-state index contributed by atoms with van der Waals surface area (Å²) in [7, 11) is 0. The maximum absolute atomic E-state index is 6.12. The minimum Gasteiger partial charge on any atom is -0.436 e. The summed E-state index contributed by atoms with van der Waals surface area (Å²) in [6, 6.07) is 34.5. The predicted molar refractivity (Wildman–Crippen MR) is 160 cm³/mol. The van der Waals surface area contributed by atoms with Crippen molar-refractivity contribution >= 4 is 55.0 Å². The van der Waals surface area contributed by atoms with Crippen LogP contribution >= 0.6 is 0 Å². The Balaban J connectivity index is 1.31. The lowest BCUT2D eigenvalue weighted by Gasteiger charge is -2.09. The van der Waals surface area contributed by atoms with Gasteiger partial charge in [0.05, 0.1) is 22.1 Å². The Hall–Kier alpha value is -5.82. The summed E-state index contributed by atoms with van der Waals surface area (Å²) in [5.74, 6) is 1.18. The highest BCUT2D eigenvalue weighted by molar-refractivity contribution is 6.11. The predicted octanol–water partition coefficient (Wildman–Crippen LogP) is 8.34. The van der Waals surface area contributed by atoms with Crippen molar-refractivity contribution in [3.63, 3.8) is 0 Å². The highest BCUT2D eigenvalue weighted by Gasteiger charge is 2.18. The normalized spacial score (nSPS) is 11.9. The smallest absolute Gasteiger partial charge is 0.227 e. The maximum atomic E-state index is 6.12. The molecule has 0 aliphatic rings. The molecule has 0 spiro atoms. The van der Waals surface area contributed by atoms with Gasteiger partial charge in [-0.25, -0.2) is 9.97 Å². The number of aromatic nitrogens is 5. The fourth-order valence-electron chi connectivity index (χ4n) is 5.65. The fraction of sp³-hybridized carbons (Fsp3) is 0.